The fourth-order valence-corrected chi connectivity index (χ4v) is 4.49. The van der Waals surface area contributed by atoms with Crippen LogP contribution in [-0.2, 0) is 17.6 Å². The Morgan fingerprint density at radius 2 is 1.96 bits per heavy atom. The Morgan fingerprint density at radius 3 is 2.81 bits per heavy atom. The van der Waals surface area contributed by atoms with Crippen molar-refractivity contribution < 1.29 is 9.18 Å². The number of anilines is 3. The zero-order valence-electron chi connectivity index (χ0n) is 14.0. The van der Waals surface area contributed by atoms with E-state index in [2.05, 4.69) is 22.4 Å². The zero-order chi connectivity index (χ0) is 17.7. The van der Waals surface area contributed by atoms with Crippen LogP contribution in [0.5, 0.6) is 0 Å². The average molecular weight is 365 g/mol. The van der Waals surface area contributed by atoms with E-state index in [9.17, 15) is 9.18 Å². The first-order valence-corrected chi connectivity index (χ1v) is 9.50. The third-order valence-corrected chi connectivity index (χ3v) is 5.66. The molecule has 0 radical (unpaired) electrons. The van der Waals surface area contributed by atoms with Gasteiger partial charge in [-0.15, -0.1) is 11.3 Å². The van der Waals surface area contributed by atoms with Gasteiger partial charge in [0.2, 0.25) is 5.91 Å². The van der Waals surface area contributed by atoms with Crippen LogP contribution in [0.15, 0.2) is 41.8 Å². The maximum atomic E-state index is 13.0. The standard InChI is InChI=1S/C20H16FN3OS/c21-15-3-5-16(6-4-15)22-20-23-17(11-26-20)13-8-12-2-1-7-24-18(25)10-14(9-13)19(12)24/h3-6,8-9,11H,1-2,7,10H2,(H,22,23). The van der Waals surface area contributed by atoms with Crippen LogP contribution in [0, 0.1) is 5.82 Å². The minimum Gasteiger partial charge on any atom is -0.332 e. The molecule has 1 N–H and O–H groups in total. The van der Waals surface area contributed by atoms with Crippen molar-refractivity contribution in [2.24, 2.45) is 0 Å². The van der Waals surface area contributed by atoms with E-state index in [0.717, 1.165) is 52.7 Å². The average Bonchev–Trinajstić information content (AvgIpc) is 3.23. The van der Waals surface area contributed by atoms with Gasteiger partial charge in [0.25, 0.3) is 0 Å². The SMILES string of the molecule is O=C1Cc2cc(-c3csc(Nc4ccc(F)cc4)n3)cc3c2N1CCC3. The van der Waals surface area contributed by atoms with E-state index in [0.29, 0.717) is 6.42 Å². The number of thiazole rings is 1. The van der Waals surface area contributed by atoms with Gasteiger partial charge >= 0.3 is 0 Å². The third kappa shape index (κ3) is 2.57. The lowest BCUT2D eigenvalue weighted by Gasteiger charge is -2.25. The summed E-state index contributed by atoms with van der Waals surface area (Å²) in [7, 11) is 0. The molecule has 1 amide bonds. The Bertz CT molecular complexity index is 1010. The molecule has 0 spiro atoms. The summed E-state index contributed by atoms with van der Waals surface area (Å²) in [6.07, 6.45) is 2.50. The van der Waals surface area contributed by atoms with Gasteiger partial charge in [0.05, 0.1) is 17.8 Å². The lowest BCUT2D eigenvalue weighted by molar-refractivity contribution is -0.117. The smallest absolute Gasteiger partial charge is 0.231 e. The lowest BCUT2D eigenvalue weighted by atomic mass is 9.96. The Kier molecular flexibility index (Phi) is 3.53. The molecule has 0 fully saturated rings. The molecule has 3 aromatic rings. The van der Waals surface area contributed by atoms with Gasteiger partial charge in [-0.25, -0.2) is 9.37 Å². The molecule has 26 heavy (non-hydrogen) atoms. The number of nitrogens with one attached hydrogen (secondary N) is 1. The molecule has 3 heterocycles. The van der Waals surface area contributed by atoms with Gasteiger partial charge in [-0.05, 0) is 60.4 Å². The fraction of sp³-hybridized carbons (Fsp3) is 0.200. The van der Waals surface area contributed by atoms with Crippen molar-refractivity contribution in [3.05, 3.63) is 58.7 Å². The fourth-order valence-electron chi connectivity index (χ4n) is 3.75. The first-order chi connectivity index (χ1) is 12.7. The molecule has 5 rings (SSSR count). The topological polar surface area (TPSA) is 45.2 Å². The predicted octanol–water partition coefficient (Wildman–Crippen LogP) is 4.53. The second-order valence-electron chi connectivity index (χ2n) is 6.64. The van der Waals surface area contributed by atoms with Gasteiger partial charge < -0.3 is 10.2 Å². The summed E-state index contributed by atoms with van der Waals surface area (Å²) in [5.41, 5.74) is 6.25. The number of aromatic nitrogens is 1. The molecule has 130 valence electrons. The molecule has 2 aliphatic heterocycles. The molecule has 0 atom stereocenters. The van der Waals surface area contributed by atoms with Gasteiger partial charge in [-0.1, -0.05) is 0 Å². The number of nitrogens with zero attached hydrogens (tertiary/aromatic N) is 2. The van der Waals surface area contributed by atoms with E-state index in [1.165, 1.54) is 29.0 Å². The first-order valence-electron chi connectivity index (χ1n) is 8.62. The predicted molar refractivity (Wildman–Crippen MR) is 102 cm³/mol. The van der Waals surface area contributed by atoms with Crippen molar-refractivity contribution in [3.63, 3.8) is 0 Å². The Morgan fingerprint density at radius 1 is 1.15 bits per heavy atom. The number of halogens is 1. The lowest BCUT2D eigenvalue weighted by Crippen LogP contribution is -2.31. The number of amides is 1. The number of hydrogen-bond acceptors (Lipinski definition) is 4. The molecule has 2 aromatic carbocycles. The van der Waals surface area contributed by atoms with Gasteiger partial charge in [0.15, 0.2) is 5.13 Å². The molecular formula is C20H16FN3OS. The van der Waals surface area contributed by atoms with Crippen molar-refractivity contribution in [1.29, 1.82) is 0 Å². The highest BCUT2D eigenvalue weighted by Gasteiger charge is 2.32. The number of carbonyl (C=O) groups is 1. The summed E-state index contributed by atoms with van der Waals surface area (Å²) < 4.78 is 13.0. The molecular weight excluding hydrogens is 349 g/mol. The number of hydrogen-bond donors (Lipinski definition) is 1. The van der Waals surface area contributed by atoms with Crippen LogP contribution >= 0.6 is 11.3 Å². The van der Waals surface area contributed by atoms with Gasteiger partial charge in [0.1, 0.15) is 5.82 Å². The highest BCUT2D eigenvalue weighted by molar-refractivity contribution is 7.14. The minimum absolute atomic E-state index is 0.204. The van der Waals surface area contributed by atoms with E-state index >= 15 is 0 Å². The van der Waals surface area contributed by atoms with Crippen LogP contribution in [0.2, 0.25) is 0 Å². The summed E-state index contributed by atoms with van der Waals surface area (Å²) >= 11 is 1.51. The Hall–Kier alpha value is -2.73. The monoisotopic (exact) mass is 365 g/mol. The summed E-state index contributed by atoms with van der Waals surface area (Å²) in [6, 6.07) is 10.5. The van der Waals surface area contributed by atoms with Gasteiger partial charge in [-0.3, -0.25) is 4.79 Å². The van der Waals surface area contributed by atoms with Crippen molar-refractivity contribution in [1.82, 2.24) is 4.98 Å². The summed E-state index contributed by atoms with van der Waals surface area (Å²) in [5.74, 6) is -0.0545. The summed E-state index contributed by atoms with van der Waals surface area (Å²) in [6.45, 7) is 0.834. The van der Waals surface area contributed by atoms with Crippen LogP contribution in [0.25, 0.3) is 11.3 Å². The second-order valence-corrected chi connectivity index (χ2v) is 7.50. The summed E-state index contributed by atoms with van der Waals surface area (Å²) in [5, 5.41) is 5.98. The molecule has 0 saturated carbocycles. The van der Waals surface area contributed by atoms with Gasteiger partial charge in [-0.2, -0.15) is 0 Å². The van der Waals surface area contributed by atoms with E-state index < -0.39 is 0 Å². The van der Waals surface area contributed by atoms with Crippen LogP contribution in [0.4, 0.5) is 20.9 Å². The van der Waals surface area contributed by atoms with Crippen molar-refractivity contribution in [2.75, 3.05) is 16.8 Å². The molecule has 1 aromatic heterocycles. The van der Waals surface area contributed by atoms with Crippen LogP contribution < -0.4 is 10.2 Å². The summed E-state index contributed by atoms with van der Waals surface area (Å²) in [4.78, 5) is 18.8. The van der Waals surface area contributed by atoms with E-state index in [1.807, 2.05) is 10.3 Å². The number of aryl methyl sites for hydroxylation is 1. The quantitative estimate of drug-likeness (QED) is 0.742. The third-order valence-electron chi connectivity index (χ3n) is 4.90. The molecule has 0 saturated heterocycles. The number of rotatable bonds is 3. The Balaban J connectivity index is 1.46. The van der Waals surface area contributed by atoms with Crippen molar-refractivity contribution in [3.8, 4) is 11.3 Å². The molecule has 6 heteroatoms. The highest BCUT2D eigenvalue weighted by Crippen LogP contribution is 2.40. The minimum atomic E-state index is -0.258. The maximum absolute atomic E-state index is 13.0. The molecule has 2 aliphatic rings. The van der Waals surface area contributed by atoms with E-state index in [1.54, 1.807) is 12.1 Å². The molecule has 0 bridgehead atoms. The van der Waals surface area contributed by atoms with Gasteiger partial charge in [0, 0.05) is 23.2 Å². The highest BCUT2D eigenvalue weighted by atomic mass is 32.1. The van der Waals surface area contributed by atoms with Crippen molar-refractivity contribution in [2.45, 2.75) is 19.3 Å². The molecule has 0 aliphatic carbocycles. The van der Waals surface area contributed by atoms with E-state index in [4.69, 9.17) is 0 Å². The first kappa shape index (κ1) is 15.5. The van der Waals surface area contributed by atoms with Crippen molar-refractivity contribution >= 4 is 33.8 Å². The Labute approximate surface area is 154 Å². The van der Waals surface area contributed by atoms with Crippen LogP contribution in [0.1, 0.15) is 17.5 Å². The normalized spacial score (nSPS) is 15.3. The maximum Gasteiger partial charge on any atom is 0.231 e. The molecule has 0 unspecified atom stereocenters. The number of benzene rings is 2. The molecule has 4 nitrogen and oxygen atoms in total. The van der Waals surface area contributed by atoms with E-state index in [-0.39, 0.29) is 11.7 Å². The largest absolute Gasteiger partial charge is 0.332 e. The van der Waals surface area contributed by atoms with Crippen LogP contribution in [-0.4, -0.2) is 17.4 Å². The number of carbonyl (C=O) groups excluding carboxylic acids is 1. The zero-order valence-corrected chi connectivity index (χ0v) is 14.8. The second kappa shape index (κ2) is 5.92. The van der Waals surface area contributed by atoms with Crippen LogP contribution in [0.3, 0.4) is 0 Å².